The van der Waals surface area contributed by atoms with E-state index >= 15 is 0 Å². The molecule has 7 nitrogen and oxygen atoms in total. The molecular formula is C19H24ClN3O4S2. The van der Waals surface area contributed by atoms with Crippen molar-refractivity contribution < 1.29 is 17.9 Å². The number of nitrogens with zero attached hydrogens (tertiary/aromatic N) is 1. The van der Waals surface area contributed by atoms with Gasteiger partial charge in [0.2, 0.25) is 15.9 Å². The predicted octanol–water partition coefficient (Wildman–Crippen LogP) is 3.18. The summed E-state index contributed by atoms with van der Waals surface area (Å²) in [5.74, 6) is 0.375. The van der Waals surface area contributed by atoms with E-state index in [1.54, 1.807) is 35.7 Å². The van der Waals surface area contributed by atoms with E-state index in [2.05, 4.69) is 10.0 Å². The van der Waals surface area contributed by atoms with E-state index in [-0.39, 0.29) is 18.0 Å². The van der Waals surface area contributed by atoms with Crippen LogP contribution in [0.2, 0.25) is 5.02 Å². The van der Waals surface area contributed by atoms with Crippen molar-refractivity contribution in [1.29, 1.82) is 0 Å². The number of amides is 1. The van der Waals surface area contributed by atoms with E-state index in [1.165, 1.54) is 18.4 Å². The van der Waals surface area contributed by atoms with Gasteiger partial charge in [0.25, 0.3) is 0 Å². The van der Waals surface area contributed by atoms with Gasteiger partial charge in [-0.3, -0.25) is 9.69 Å². The van der Waals surface area contributed by atoms with E-state index in [0.717, 1.165) is 0 Å². The number of thiophene rings is 1. The molecule has 0 radical (unpaired) electrons. The second-order valence-electron chi connectivity index (χ2n) is 6.87. The molecular weight excluding hydrogens is 434 g/mol. The molecule has 1 fully saturated rings. The number of sulfonamides is 1. The Morgan fingerprint density at radius 2 is 2.03 bits per heavy atom. The van der Waals surface area contributed by atoms with E-state index in [0.29, 0.717) is 46.6 Å². The van der Waals surface area contributed by atoms with E-state index in [4.69, 9.17) is 16.3 Å². The first kappa shape index (κ1) is 22.0. The highest BCUT2D eigenvalue weighted by Crippen LogP contribution is 2.28. The van der Waals surface area contributed by atoms with Gasteiger partial charge >= 0.3 is 0 Å². The van der Waals surface area contributed by atoms with Crippen LogP contribution in [-0.4, -0.2) is 51.5 Å². The number of carbonyl (C=O) groups is 1. The molecule has 1 aliphatic rings. The first-order valence-corrected chi connectivity index (χ1v) is 12.0. The number of nitrogens with one attached hydrogen (secondary N) is 2. The number of carbonyl (C=O) groups excluding carboxylic acids is 1. The molecule has 1 unspecified atom stereocenters. The summed E-state index contributed by atoms with van der Waals surface area (Å²) in [5, 5.41) is 5.12. The lowest BCUT2D eigenvalue weighted by atomic mass is 10.0. The fourth-order valence-electron chi connectivity index (χ4n) is 3.28. The van der Waals surface area contributed by atoms with Crippen LogP contribution in [0.1, 0.15) is 19.8 Å². The molecule has 0 aliphatic carbocycles. The summed E-state index contributed by atoms with van der Waals surface area (Å²) in [7, 11) is -1.95. The summed E-state index contributed by atoms with van der Waals surface area (Å²) >= 11 is 7.22. The maximum absolute atomic E-state index is 12.7. The van der Waals surface area contributed by atoms with Crippen molar-refractivity contribution in [1.82, 2.24) is 9.62 Å². The zero-order valence-corrected chi connectivity index (χ0v) is 18.6. The van der Waals surface area contributed by atoms with Crippen LogP contribution in [0.15, 0.2) is 39.9 Å². The number of piperidine rings is 1. The van der Waals surface area contributed by atoms with Crippen LogP contribution in [-0.2, 0) is 14.8 Å². The minimum atomic E-state index is -3.48. The molecule has 1 atom stereocenters. The SMILES string of the molecule is COc1ccc(Cl)cc1NC(=O)C(C)N1CCC(NS(=O)(=O)c2cccs2)CC1. The lowest BCUT2D eigenvalue weighted by molar-refractivity contribution is -0.121. The Bertz CT molecular complexity index is 942. The van der Waals surface area contributed by atoms with Crippen molar-refractivity contribution in [3.05, 3.63) is 40.7 Å². The molecule has 1 aromatic carbocycles. The van der Waals surface area contributed by atoms with E-state index < -0.39 is 10.0 Å². The minimum absolute atomic E-state index is 0.137. The summed E-state index contributed by atoms with van der Waals surface area (Å²) in [6.07, 6.45) is 1.28. The van der Waals surface area contributed by atoms with Crippen LogP contribution in [0.3, 0.4) is 0 Å². The lowest BCUT2D eigenvalue weighted by Gasteiger charge is -2.35. The second-order valence-corrected chi connectivity index (χ2v) is 10.2. The maximum Gasteiger partial charge on any atom is 0.250 e. The highest BCUT2D eigenvalue weighted by Gasteiger charge is 2.29. The second kappa shape index (κ2) is 9.44. The van der Waals surface area contributed by atoms with Gasteiger partial charge in [-0.15, -0.1) is 11.3 Å². The molecule has 1 aliphatic heterocycles. The highest BCUT2D eigenvalue weighted by atomic mass is 35.5. The normalized spacial score (nSPS) is 17.1. The summed E-state index contributed by atoms with van der Waals surface area (Å²) in [5.41, 5.74) is 0.524. The molecule has 1 aromatic heterocycles. The smallest absolute Gasteiger partial charge is 0.250 e. The Morgan fingerprint density at radius 1 is 1.31 bits per heavy atom. The van der Waals surface area contributed by atoms with Gasteiger partial charge < -0.3 is 10.1 Å². The summed E-state index contributed by atoms with van der Waals surface area (Å²) in [6, 6.07) is 7.86. The first-order chi connectivity index (χ1) is 13.8. The fraction of sp³-hybridized carbons (Fsp3) is 0.421. The topological polar surface area (TPSA) is 87.7 Å². The molecule has 10 heteroatoms. The number of anilines is 1. The number of hydrogen-bond donors (Lipinski definition) is 2. The molecule has 158 valence electrons. The highest BCUT2D eigenvalue weighted by molar-refractivity contribution is 7.91. The number of methoxy groups -OCH3 is 1. The lowest BCUT2D eigenvalue weighted by Crippen LogP contribution is -2.50. The Hall–Kier alpha value is -1.65. The molecule has 0 saturated carbocycles. The monoisotopic (exact) mass is 457 g/mol. The number of benzene rings is 1. The van der Waals surface area contributed by atoms with Gasteiger partial charge in [0.1, 0.15) is 9.96 Å². The Balaban J connectivity index is 1.55. The van der Waals surface area contributed by atoms with Gasteiger partial charge in [-0.2, -0.15) is 0 Å². The van der Waals surface area contributed by atoms with E-state index in [9.17, 15) is 13.2 Å². The molecule has 0 bridgehead atoms. The molecule has 1 saturated heterocycles. The average molecular weight is 458 g/mol. The third kappa shape index (κ3) is 5.49. The van der Waals surface area contributed by atoms with Crippen LogP contribution in [0.25, 0.3) is 0 Å². The molecule has 0 spiro atoms. The van der Waals surface area contributed by atoms with Gasteiger partial charge in [0, 0.05) is 24.2 Å². The number of ether oxygens (including phenoxy) is 1. The van der Waals surface area contributed by atoms with Crippen LogP contribution in [0, 0.1) is 0 Å². The average Bonchev–Trinajstić information content (AvgIpc) is 3.24. The summed E-state index contributed by atoms with van der Waals surface area (Å²) in [6.45, 7) is 3.08. The number of hydrogen-bond acceptors (Lipinski definition) is 6. The Labute approximate surface area is 180 Å². The number of likely N-dealkylation sites (tertiary alicyclic amines) is 1. The van der Waals surface area contributed by atoms with E-state index in [1.807, 2.05) is 11.8 Å². The van der Waals surface area contributed by atoms with Gasteiger partial charge in [0.05, 0.1) is 18.8 Å². The van der Waals surface area contributed by atoms with Crippen molar-refractivity contribution in [3.63, 3.8) is 0 Å². The Kier molecular flexibility index (Phi) is 7.18. The van der Waals surface area contributed by atoms with Crippen molar-refractivity contribution in [3.8, 4) is 5.75 Å². The molecule has 2 N–H and O–H groups in total. The molecule has 1 amide bonds. The Morgan fingerprint density at radius 3 is 2.66 bits per heavy atom. The largest absolute Gasteiger partial charge is 0.495 e. The minimum Gasteiger partial charge on any atom is -0.495 e. The van der Waals surface area contributed by atoms with Gasteiger partial charge in [-0.25, -0.2) is 13.1 Å². The standard InChI is InChI=1S/C19H24ClN3O4S2/c1-13(19(24)21-16-12-14(20)5-6-17(16)27-2)23-9-7-15(8-10-23)22-29(25,26)18-4-3-11-28-18/h3-6,11-13,15,22H,7-10H2,1-2H3,(H,21,24). The first-order valence-electron chi connectivity index (χ1n) is 9.24. The van der Waals surface area contributed by atoms with Gasteiger partial charge in [0.15, 0.2) is 0 Å². The van der Waals surface area contributed by atoms with Crippen molar-refractivity contribution in [2.24, 2.45) is 0 Å². The molecule has 2 heterocycles. The van der Waals surface area contributed by atoms with Crippen LogP contribution in [0.4, 0.5) is 5.69 Å². The molecule has 2 aromatic rings. The van der Waals surface area contributed by atoms with Crippen LogP contribution >= 0.6 is 22.9 Å². The zero-order chi connectivity index (χ0) is 21.0. The third-order valence-corrected chi connectivity index (χ3v) is 8.11. The fourth-order valence-corrected chi connectivity index (χ4v) is 5.77. The van der Waals surface area contributed by atoms with Crippen molar-refractivity contribution in [2.45, 2.75) is 36.1 Å². The quantitative estimate of drug-likeness (QED) is 0.666. The molecule has 3 rings (SSSR count). The number of rotatable bonds is 7. The number of halogens is 1. The zero-order valence-electron chi connectivity index (χ0n) is 16.2. The summed E-state index contributed by atoms with van der Waals surface area (Å²) < 4.78 is 33.1. The maximum atomic E-state index is 12.7. The summed E-state index contributed by atoms with van der Waals surface area (Å²) in [4.78, 5) is 14.7. The van der Waals surface area contributed by atoms with Crippen molar-refractivity contribution >= 4 is 44.6 Å². The van der Waals surface area contributed by atoms with Gasteiger partial charge in [-0.1, -0.05) is 17.7 Å². The third-order valence-electron chi connectivity index (χ3n) is 4.96. The van der Waals surface area contributed by atoms with Crippen molar-refractivity contribution in [2.75, 3.05) is 25.5 Å². The van der Waals surface area contributed by atoms with Crippen LogP contribution < -0.4 is 14.8 Å². The molecule has 29 heavy (non-hydrogen) atoms. The predicted molar refractivity (Wildman–Crippen MR) is 115 cm³/mol. The van der Waals surface area contributed by atoms with Crippen LogP contribution in [0.5, 0.6) is 5.75 Å². The van der Waals surface area contributed by atoms with Gasteiger partial charge in [-0.05, 0) is 49.4 Å².